The number of pyridine rings is 1. The molecule has 2 N–H and O–H groups in total. The van der Waals surface area contributed by atoms with E-state index in [-0.39, 0.29) is 17.0 Å². The van der Waals surface area contributed by atoms with Crippen LogP contribution in [0.5, 0.6) is 0 Å². The minimum atomic E-state index is -3.80. The highest BCUT2D eigenvalue weighted by Gasteiger charge is 2.20. The minimum Gasteiger partial charge on any atom is -0.350 e. The summed E-state index contributed by atoms with van der Waals surface area (Å²) in [6.45, 7) is 2.99. The van der Waals surface area contributed by atoms with Crippen LogP contribution < -0.4 is 15.6 Å². The molecular weight excluding hydrogens is 392 g/mol. The number of hydrogen-bond acceptors (Lipinski definition) is 6. The monoisotopic (exact) mass is 409 g/mol. The number of anilines is 3. The number of rotatable bonds is 5. The van der Waals surface area contributed by atoms with E-state index in [4.69, 9.17) is 0 Å². The van der Waals surface area contributed by atoms with Gasteiger partial charge in [0.2, 0.25) is 10.0 Å². The first-order valence-corrected chi connectivity index (χ1v) is 9.86. The number of aryl methyl sites for hydroxylation is 2. The molecule has 0 saturated heterocycles. The Morgan fingerprint density at radius 3 is 2.61 bits per heavy atom. The molecule has 0 fully saturated rings. The van der Waals surface area contributed by atoms with Gasteiger partial charge in [0.05, 0.1) is 29.2 Å². The molecule has 0 radical (unpaired) electrons. The lowest BCUT2D eigenvalue weighted by atomic mass is 10.1. The van der Waals surface area contributed by atoms with Gasteiger partial charge in [0.15, 0.2) is 17.5 Å². The molecule has 0 aliphatic rings. The van der Waals surface area contributed by atoms with E-state index in [9.17, 15) is 22.0 Å². The highest BCUT2D eigenvalue weighted by Crippen LogP contribution is 2.30. The fraction of sp³-hybridized carbons (Fsp3) is 0.235. The van der Waals surface area contributed by atoms with Gasteiger partial charge in [-0.15, -0.1) is 0 Å². The van der Waals surface area contributed by atoms with Crippen molar-refractivity contribution in [2.45, 2.75) is 13.8 Å². The molecule has 28 heavy (non-hydrogen) atoms. The van der Waals surface area contributed by atoms with E-state index in [1.807, 2.05) is 4.72 Å². The van der Waals surface area contributed by atoms with Crippen molar-refractivity contribution in [2.24, 2.45) is 7.05 Å². The Morgan fingerprint density at radius 2 is 1.93 bits per heavy atom. The Hall–Kier alpha value is -3.08. The summed E-state index contributed by atoms with van der Waals surface area (Å²) < 4.78 is 55.5. The Labute approximate surface area is 159 Å². The van der Waals surface area contributed by atoms with Gasteiger partial charge in [-0.3, -0.25) is 9.52 Å². The van der Waals surface area contributed by atoms with Gasteiger partial charge in [0.1, 0.15) is 5.69 Å². The van der Waals surface area contributed by atoms with Gasteiger partial charge in [-0.2, -0.15) is 0 Å². The van der Waals surface area contributed by atoms with Crippen molar-refractivity contribution in [1.82, 2.24) is 14.5 Å². The first-order chi connectivity index (χ1) is 13.1. The second kappa shape index (κ2) is 7.15. The zero-order valence-corrected chi connectivity index (χ0v) is 16.1. The largest absolute Gasteiger partial charge is 0.350 e. The summed E-state index contributed by atoms with van der Waals surface area (Å²) in [4.78, 5) is 20.0. The maximum absolute atomic E-state index is 14.7. The predicted molar refractivity (Wildman–Crippen MR) is 102 cm³/mol. The molecular formula is C17H17F2N5O3S. The fourth-order valence-corrected chi connectivity index (χ4v) is 3.17. The zero-order chi connectivity index (χ0) is 20.6. The molecule has 0 aliphatic carbocycles. The van der Waals surface area contributed by atoms with Crippen LogP contribution >= 0.6 is 0 Å². The Balaban J connectivity index is 2.11. The van der Waals surface area contributed by atoms with Gasteiger partial charge >= 0.3 is 0 Å². The van der Waals surface area contributed by atoms with Crippen LogP contribution in [0.2, 0.25) is 0 Å². The standard InChI is InChI=1S/C17H17F2N5O3S/c1-4-28(26,27)23-16-14(19)15(10(18)7-20-16)22-11-5-6-12-13(9(11)2)17(25)24(3)8-21-12/h5-8H,4H2,1-3H3,(H2,20,22,23). The Bertz CT molecular complexity index is 1240. The molecule has 2 aromatic heterocycles. The molecule has 0 unspecified atom stereocenters. The van der Waals surface area contributed by atoms with Crippen molar-refractivity contribution < 1.29 is 17.2 Å². The average molecular weight is 409 g/mol. The highest BCUT2D eigenvalue weighted by atomic mass is 32.2. The molecule has 11 heteroatoms. The third-order valence-corrected chi connectivity index (χ3v) is 5.48. The van der Waals surface area contributed by atoms with E-state index < -0.39 is 33.2 Å². The lowest BCUT2D eigenvalue weighted by Gasteiger charge is -2.15. The number of nitrogens with one attached hydrogen (secondary N) is 2. The predicted octanol–water partition coefficient (Wildman–Crippen LogP) is 2.42. The number of sulfonamides is 1. The summed E-state index contributed by atoms with van der Waals surface area (Å²) in [7, 11) is -2.26. The van der Waals surface area contributed by atoms with E-state index in [1.165, 1.54) is 23.9 Å². The second-order valence-electron chi connectivity index (χ2n) is 6.07. The normalized spacial score (nSPS) is 11.6. The summed E-state index contributed by atoms with van der Waals surface area (Å²) in [5, 5.41) is 2.89. The van der Waals surface area contributed by atoms with Crippen LogP contribution in [-0.2, 0) is 17.1 Å². The number of nitrogens with zero attached hydrogens (tertiary/aromatic N) is 3. The number of halogens is 2. The van der Waals surface area contributed by atoms with Gasteiger partial charge < -0.3 is 9.88 Å². The van der Waals surface area contributed by atoms with Crippen LogP contribution in [-0.4, -0.2) is 28.7 Å². The molecule has 0 bridgehead atoms. The maximum atomic E-state index is 14.7. The highest BCUT2D eigenvalue weighted by molar-refractivity contribution is 7.92. The van der Waals surface area contributed by atoms with Crippen molar-refractivity contribution in [1.29, 1.82) is 0 Å². The van der Waals surface area contributed by atoms with E-state index in [0.717, 1.165) is 0 Å². The number of fused-ring (bicyclic) bond motifs is 1. The van der Waals surface area contributed by atoms with Gasteiger partial charge in [-0.05, 0) is 31.5 Å². The summed E-state index contributed by atoms with van der Waals surface area (Å²) in [5.74, 6) is -3.14. The molecule has 1 aromatic carbocycles. The van der Waals surface area contributed by atoms with Crippen LogP contribution in [0.4, 0.5) is 26.0 Å². The van der Waals surface area contributed by atoms with Crippen LogP contribution in [0.15, 0.2) is 29.5 Å². The molecule has 0 amide bonds. The summed E-state index contributed by atoms with van der Waals surface area (Å²) in [6, 6.07) is 3.07. The number of hydrogen-bond donors (Lipinski definition) is 2. The quantitative estimate of drug-likeness (QED) is 0.670. The Morgan fingerprint density at radius 1 is 1.21 bits per heavy atom. The molecule has 0 saturated carbocycles. The topological polar surface area (TPSA) is 106 Å². The summed E-state index contributed by atoms with van der Waals surface area (Å²) in [6.07, 6.45) is 2.08. The SMILES string of the molecule is CCS(=O)(=O)Nc1ncc(F)c(Nc2ccc3ncn(C)c(=O)c3c2C)c1F. The van der Waals surface area contributed by atoms with Crippen molar-refractivity contribution in [3.8, 4) is 0 Å². The lowest BCUT2D eigenvalue weighted by molar-refractivity contribution is 0.581. The van der Waals surface area contributed by atoms with E-state index in [0.29, 0.717) is 22.7 Å². The van der Waals surface area contributed by atoms with Crippen molar-refractivity contribution in [2.75, 3.05) is 15.8 Å². The first kappa shape index (κ1) is 19.7. The molecule has 148 valence electrons. The van der Waals surface area contributed by atoms with Crippen LogP contribution in [0, 0.1) is 18.6 Å². The van der Waals surface area contributed by atoms with Crippen molar-refractivity contribution in [3.05, 3.63) is 52.2 Å². The molecule has 8 nitrogen and oxygen atoms in total. The molecule has 3 aromatic rings. The van der Waals surface area contributed by atoms with Gasteiger partial charge in [-0.25, -0.2) is 27.2 Å². The molecule has 0 spiro atoms. The van der Waals surface area contributed by atoms with Crippen molar-refractivity contribution >= 4 is 38.1 Å². The van der Waals surface area contributed by atoms with E-state index in [1.54, 1.807) is 20.0 Å². The second-order valence-corrected chi connectivity index (χ2v) is 8.08. The van der Waals surface area contributed by atoms with Crippen LogP contribution in [0.1, 0.15) is 12.5 Å². The Kier molecular flexibility index (Phi) is 5.02. The lowest BCUT2D eigenvalue weighted by Crippen LogP contribution is -2.18. The maximum Gasteiger partial charge on any atom is 0.261 e. The third kappa shape index (κ3) is 3.52. The molecule has 3 rings (SSSR count). The van der Waals surface area contributed by atoms with Gasteiger partial charge in [0, 0.05) is 12.7 Å². The van der Waals surface area contributed by atoms with Gasteiger partial charge in [-0.1, -0.05) is 0 Å². The zero-order valence-electron chi connectivity index (χ0n) is 15.2. The van der Waals surface area contributed by atoms with Crippen molar-refractivity contribution in [3.63, 3.8) is 0 Å². The third-order valence-electron chi connectivity index (χ3n) is 4.21. The average Bonchev–Trinajstić information content (AvgIpc) is 2.65. The van der Waals surface area contributed by atoms with Crippen LogP contribution in [0.25, 0.3) is 10.9 Å². The smallest absolute Gasteiger partial charge is 0.261 e. The van der Waals surface area contributed by atoms with Gasteiger partial charge in [0.25, 0.3) is 5.56 Å². The fourth-order valence-electron chi connectivity index (χ4n) is 2.59. The molecule has 2 heterocycles. The number of benzene rings is 1. The first-order valence-electron chi connectivity index (χ1n) is 8.21. The van der Waals surface area contributed by atoms with E-state index in [2.05, 4.69) is 15.3 Å². The summed E-state index contributed by atoms with van der Waals surface area (Å²) >= 11 is 0. The summed E-state index contributed by atoms with van der Waals surface area (Å²) in [5.41, 5.74) is 0.256. The molecule has 0 aliphatic heterocycles. The molecule has 0 atom stereocenters. The minimum absolute atomic E-state index is 0.269. The van der Waals surface area contributed by atoms with Crippen LogP contribution in [0.3, 0.4) is 0 Å². The van der Waals surface area contributed by atoms with E-state index >= 15 is 0 Å². The number of aromatic nitrogens is 3.